The van der Waals surface area contributed by atoms with E-state index in [0.717, 1.165) is 35.7 Å². The van der Waals surface area contributed by atoms with Crippen LogP contribution in [0.5, 0.6) is 0 Å². The van der Waals surface area contributed by atoms with Gasteiger partial charge < -0.3 is 10.3 Å². The Morgan fingerprint density at radius 2 is 2.20 bits per heavy atom. The number of aromatic amines is 1. The van der Waals surface area contributed by atoms with E-state index in [1.54, 1.807) is 6.07 Å². The van der Waals surface area contributed by atoms with Crippen molar-refractivity contribution in [3.05, 3.63) is 35.8 Å². The lowest BCUT2D eigenvalue weighted by Crippen LogP contribution is -2.25. The quantitative estimate of drug-likeness (QED) is 0.746. The Bertz CT molecular complexity index is 577. The third-order valence-electron chi connectivity index (χ3n) is 3.45. The standard InChI is InChI=1S/C16H21FN2O/c1-2-3-4-5-16(20)18-9-8-12-11-19-15-7-6-13(17)10-14(12)15/h6-7,10-11,19H,2-5,8-9H2,1H3,(H,18,20). The SMILES string of the molecule is CCCCCC(=O)NCCc1c[nH]c2ccc(F)cc12. The van der Waals surface area contributed by atoms with Gasteiger partial charge in [-0.05, 0) is 36.6 Å². The highest BCUT2D eigenvalue weighted by atomic mass is 19.1. The Kier molecular flexibility index (Phi) is 5.16. The van der Waals surface area contributed by atoms with E-state index in [0.29, 0.717) is 19.4 Å². The van der Waals surface area contributed by atoms with Crippen LogP contribution in [0.15, 0.2) is 24.4 Å². The topological polar surface area (TPSA) is 44.9 Å². The van der Waals surface area contributed by atoms with E-state index in [4.69, 9.17) is 0 Å². The first-order chi connectivity index (χ1) is 9.70. The van der Waals surface area contributed by atoms with Gasteiger partial charge in [-0.15, -0.1) is 0 Å². The number of unbranched alkanes of at least 4 members (excludes halogenated alkanes) is 2. The summed E-state index contributed by atoms with van der Waals surface area (Å²) in [6, 6.07) is 4.71. The number of hydrogen-bond donors (Lipinski definition) is 2. The molecule has 3 nitrogen and oxygen atoms in total. The molecule has 0 radical (unpaired) electrons. The third-order valence-corrected chi connectivity index (χ3v) is 3.45. The average molecular weight is 276 g/mol. The van der Waals surface area contributed by atoms with Crippen molar-refractivity contribution in [3.8, 4) is 0 Å². The van der Waals surface area contributed by atoms with Crippen molar-refractivity contribution in [1.82, 2.24) is 10.3 Å². The highest BCUT2D eigenvalue weighted by Gasteiger charge is 2.06. The normalized spacial score (nSPS) is 10.9. The molecule has 108 valence electrons. The highest BCUT2D eigenvalue weighted by Crippen LogP contribution is 2.19. The number of benzene rings is 1. The maximum atomic E-state index is 13.2. The van der Waals surface area contributed by atoms with Crippen LogP contribution >= 0.6 is 0 Å². The van der Waals surface area contributed by atoms with Crippen molar-refractivity contribution >= 4 is 16.8 Å². The molecule has 0 unspecified atom stereocenters. The lowest BCUT2D eigenvalue weighted by molar-refractivity contribution is -0.121. The zero-order valence-corrected chi connectivity index (χ0v) is 11.8. The van der Waals surface area contributed by atoms with Crippen molar-refractivity contribution in [2.75, 3.05) is 6.54 Å². The average Bonchev–Trinajstić information content (AvgIpc) is 2.82. The summed E-state index contributed by atoms with van der Waals surface area (Å²) in [6.45, 7) is 2.71. The summed E-state index contributed by atoms with van der Waals surface area (Å²) in [4.78, 5) is 14.7. The largest absolute Gasteiger partial charge is 0.361 e. The van der Waals surface area contributed by atoms with E-state index < -0.39 is 0 Å². The van der Waals surface area contributed by atoms with Crippen LogP contribution in [0.3, 0.4) is 0 Å². The van der Waals surface area contributed by atoms with Gasteiger partial charge in [-0.1, -0.05) is 19.8 Å². The monoisotopic (exact) mass is 276 g/mol. The molecule has 2 rings (SSSR count). The van der Waals surface area contributed by atoms with Crippen LogP contribution in [-0.2, 0) is 11.2 Å². The number of nitrogens with one attached hydrogen (secondary N) is 2. The summed E-state index contributed by atoms with van der Waals surface area (Å²) in [7, 11) is 0. The molecule has 0 saturated heterocycles. The molecule has 4 heteroatoms. The Balaban J connectivity index is 1.84. The van der Waals surface area contributed by atoms with E-state index in [2.05, 4.69) is 17.2 Å². The van der Waals surface area contributed by atoms with Gasteiger partial charge in [0.05, 0.1) is 0 Å². The Labute approximate surface area is 118 Å². The number of rotatable bonds is 7. The van der Waals surface area contributed by atoms with Crippen molar-refractivity contribution < 1.29 is 9.18 Å². The molecule has 0 aliphatic heterocycles. The van der Waals surface area contributed by atoms with Crippen molar-refractivity contribution in [2.45, 2.75) is 39.0 Å². The van der Waals surface area contributed by atoms with Gasteiger partial charge in [0.25, 0.3) is 0 Å². The molecule has 20 heavy (non-hydrogen) atoms. The van der Waals surface area contributed by atoms with E-state index in [1.807, 2.05) is 6.20 Å². The fraction of sp³-hybridized carbons (Fsp3) is 0.438. The Morgan fingerprint density at radius 1 is 1.35 bits per heavy atom. The maximum Gasteiger partial charge on any atom is 0.220 e. The van der Waals surface area contributed by atoms with Crippen LogP contribution in [0.1, 0.15) is 38.2 Å². The number of aromatic nitrogens is 1. The Morgan fingerprint density at radius 3 is 3.00 bits per heavy atom. The number of H-pyrrole nitrogens is 1. The molecular formula is C16H21FN2O. The first-order valence-corrected chi connectivity index (χ1v) is 7.23. The van der Waals surface area contributed by atoms with E-state index in [9.17, 15) is 9.18 Å². The zero-order chi connectivity index (χ0) is 14.4. The minimum atomic E-state index is -0.234. The fourth-order valence-electron chi connectivity index (χ4n) is 2.32. The molecule has 0 fully saturated rings. The molecule has 1 heterocycles. The van der Waals surface area contributed by atoms with Crippen molar-refractivity contribution in [1.29, 1.82) is 0 Å². The summed E-state index contributed by atoms with van der Waals surface area (Å²) in [5, 5.41) is 3.81. The van der Waals surface area contributed by atoms with Gasteiger partial charge in [-0.25, -0.2) is 4.39 Å². The second kappa shape index (κ2) is 7.08. The van der Waals surface area contributed by atoms with Crippen LogP contribution in [0.25, 0.3) is 10.9 Å². The minimum Gasteiger partial charge on any atom is -0.361 e. The Hall–Kier alpha value is -1.84. The van der Waals surface area contributed by atoms with E-state index in [1.165, 1.54) is 12.1 Å². The molecule has 0 aliphatic carbocycles. The fourth-order valence-corrected chi connectivity index (χ4v) is 2.32. The van der Waals surface area contributed by atoms with Crippen LogP contribution < -0.4 is 5.32 Å². The second-order valence-corrected chi connectivity index (χ2v) is 5.06. The number of halogens is 1. The molecule has 2 N–H and O–H groups in total. The van der Waals surface area contributed by atoms with Crippen LogP contribution in [0, 0.1) is 5.82 Å². The molecule has 1 amide bonds. The van der Waals surface area contributed by atoms with Crippen molar-refractivity contribution in [3.63, 3.8) is 0 Å². The van der Waals surface area contributed by atoms with Gasteiger partial charge in [-0.2, -0.15) is 0 Å². The number of hydrogen-bond acceptors (Lipinski definition) is 1. The molecule has 0 bridgehead atoms. The predicted octanol–water partition coefficient (Wildman–Crippen LogP) is 3.55. The van der Waals surface area contributed by atoms with Crippen LogP contribution in [0.4, 0.5) is 4.39 Å². The summed E-state index contributed by atoms with van der Waals surface area (Å²) >= 11 is 0. The van der Waals surface area contributed by atoms with Gasteiger partial charge in [0.1, 0.15) is 5.82 Å². The first-order valence-electron chi connectivity index (χ1n) is 7.23. The summed E-state index contributed by atoms with van der Waals surface area (Å²) in [6.07, 6.45) is 6.34. The number of amides is 1. The molecule has 2 aromatic rings. The molecule has 1 aromatic heterocycles. The van der Waals surface area contributed by atoms with E-state index in [-0.39, 0.29) is 11.7 Å². The molecule has 0 saturated carbocycles. The smallest absolute Gasteiger partial charge is 0.220 e. The van der Waals surface area contributed by atoms with Gasteiger partial charge in [0.2, 0.25) is 5.91 Å². The third kappa shape index (κ3) is 3.83. The minimum absolute atomic E-state index is 0.101. The van der Waals surface area contributed by atoms with Gasteiger partial charge in [-0.3, -0.25) is 4.79 Å². The second-order valence-electron chi connectivity index (χ2n) is 5.06. The van der Waals surface area contributed by atoms with Crippen molar-refractivity contribution in [2.24, 2.45) is 0 Å². The lowest BCUT2D eigenvalue weighted by atomic mass is 10.1. The highest BCUT2D eigenvalue weighted by molar-refractivity contribution is 5.83. The maximum absolute atomic E-state index is 13.2. The zero-order valence-electron chi connectivity index (χ0n) is 11.8. The number of carbonyl (C=O) groups is 1. The van der Waals surface area contributed by atoms with Gasteiger partial charge in [0, 0.05) is 30.1 Å². The van der Waals surface area contributed by atoms with Gasteiger partial charge in [0.15, 0.2) is 0 Å². The first kappa shape index (κ1) is 14.6. The van der Waals surface area contributed by atoms with Gasteiger partial charge >= 0.3 is 0 Å². The molecule has 0 spiro atoms. The molecule has 0 aliphatic rings. The van der Waals surface area contributed by atoms with Crippen LogP contribution in [-0.4, -0.2) is 17.4 Å². The molecule has 1 aromatic carbocycles. The summed E-state index contributed by atoms with van der Waals surface area (Å²) in [5.41, 5.74) is 1.96. The molecule has 0 atom stereocenters. The predicted molar refractivity (Wildman–Crippen MR) is 79.1 cm³/mol. The molecular weight excluding hydrogens is 255 g/mol. The van der Waals surface area contributed by atoms with E-state index >= 15 is 0 Å². The number of fused-ring (bicyclic) bond motifs is 1. The lowest BCUT2D eigenvalue weighted by Gasteiger charge is -2.04. The van der Waals surface area contributed by atoms with Crippen LogP contribution in [0.2, 0.25) is 0 Å². The number of carbonyl (C=O) groups excluding carboxylic acids is 1. The summed E-state index contributed by atoms with van der Waals surface area (Å²) in [5.74, 6) is -0.133. The summed E-state index contributed by atoms with van der Waals surface area (Å²) < 4.78 is 13.2.